The van der Waals surface area contributed by atoms with E-state index in [9.17, 15) is 10.2 Å². The van der Waals surface area contributed by atoms with Gasteiger partial charge >= 0.3 is 0 Å². The Labute approximate surface area is 104 Å². The second-order valence-corrected chi connectivity index (χ2v) is 6.10. The molecule has 0 saturated heterocycles. The van der Waals surface area contributed by atoms with E-state index in [0.717, 1.165) is 24.8 Å². The molecule has 0 heterocycles. The molecule has 17 heavy (non-hydrogen) atoms. The third-order valence-electron chi connectivity index (χ3n) is 4.94. The highest BCUT2D eigenvalue weighted by Gasteiger charge is 2.48. The monoisotopic (exact) mass is 236 g/mol. The van der Waals surface area contributed by atoms with Crippen LogP contribution in [-0.4, -0.2) is 22.9 Å². The van der Waals surface area contributed by atoms with Gasteiger partial charge in [-0.3, -0.25) is 0 Å². The molecule has 0 aromatic rings. The Morgan fingerprint density at radius 1 is 1.47 bits per heavy atom. The Morgan fingerprint density at radius 3 is 2.82 bits per heavy atom. The topological polar surface area (TPSA) is 40.5 Å². The average Bonchev–Trinajstić information content (AvgIpc) is 2.28. The molecule has 0 aliphatic heterocycles. The Hall–Kier alpha value is -0.600. The van der Waals surface area contributed by atoms with Gasteiger partial charge in [-0.2, -0.15) is 0 Å². The number of aliphatic hydroxyl groups excluding tert-OH is 2. The molecule has 0 amide bonds. The summed E-state index contributed by atoms with van der Waals surface area (Å²) < 4.78 is 0. The van der Waals surface area contributed by atoms with Gasteiger partial charge in [-0.15, -0.1) is 0 Å². The van der Waals surface area contributed by atoms with Gasteiger partial charge in [0.2, 0.25) is 0 Å². The van der Waals surface area contributed by atoms with Gasteiger partial charge in [-0.25, -0.2) is 0 Å². The van der Waals surface area contributed by atoms with Crippen LogP contribution in [0.2, 0.25) is 0 Å². The summed E-state index contributed by atoms with van der Waals surface area (Å²) in [6.07, 6.45) is 5.07. The van der Waals surface area contributed by atoms with Gasteiger partial charge in [-0.1, -0.05) is 25.7 Å². The highest BCUT2D eigenvalue weighted by Crippen LogP contribution is 2.54. The Kier molecular flexibility index (Phi) is 3.46. The van der Waals surface area contributed by atoms with Gasteiger partial charge in [0, 0.05) is 11.8 Å². The second kappa shape index (κ2) is 4.58. The van der Waals surface area contributed by atoms with Crippen LogP contribution >= 0.6 is 0 Å². The average molecular weight is 236 g/mol. The minimum atomic E-state index is -0.402. The second-order valence-electron chi connectivity index (χ2n) is 6.10. The fourth-order valence-corrected chi connectivity index (χ4v) is 3.91. The van der Waals surface area contributed by atoms with Gasteiger partial charge in [-0.05, 0) is 43.1 Å². The van der Waals surface area contributed by atoms with E-state index in [0.29, 0.717) is 0 Å². The lowest BCUT2D eigenvalue weighted by Gasteiger charge is -2.51. The summed E-state index contributed by atoms with van der Waals surface area (Å²) in [6.45, 7) is 10.3. The molecule has 0 radical (unpaired) electrons. The van der Waals surface area contributed by atoms with Crippen LogP contribution in [0.15, 0.2) is 24.3 Å². The molecule has 0 bridgehead atoms. The molecule has 0 unspecified atom stereocenters. The molecule has 0 spiro atoms. The summed E-state index contributed by atoms with van der Waals surface area (Å²) in [5.74, 6) is 0.242. The maximum Gasteiger partial charge on any atom is 0.0676 e. The predicted molar refractivity (Wildman–Crippen MR) is 69.5 cm³/mol. The van der Waals surface area contributed by atoms with Crippen molar-refractivity contribution in [3.05, 3.63) is 24.3 Å². The smallest absolute Gasteiger partial charge is 0.0676 e. The van der Waals surface area contributed by atoms with E-state index in [1.165, 1.54) is 18.4 Å². The van der Waals surface area contributed by atoms with Crippen molar-refractivity contribution in [1.82, 2.24) is 0 Å². The van der Waals surface area contributed by atoms with Crippen LogP contribution in [0.5, 0.6) is 0 Å². The molecule has 4 atom stereocenters. The SMILES string of the molecule is C=C(CO)[C@H]1CC[C@]2(C)CCCC(=C)[C@H]2[C@H]1O. The summed E-state index contributed by atoms with van der Waals surface area (Å²) in [4.78, 5) is 0. The number of rotatable bonds is 2. The summed E-state index contributed by atoms with van der Waals surface area (Å²) in [5, 5.41) is 19.8. The van der Waals surface area contributed by atoms with Crippen molar-refractivity contribution in [2.24, 2.45) is 17.3 Å². The summed E-state index contributed by atoms with van der Waals surface area (Å²) >= 11 is 0. The molecular weight excluding hydrogens is 212 g/mol. The third kappa shape index (κ3) is 2.09. The zero-order valence-electron chi connectivity index (χ0n) is 10.8. The van der Waals surface area contributed by atoms with Crippen molar-refractivity contribution in [1.29, 1.82) is 0 Å². The molecule has 0 aromatic heterocycles. The summed E-state index contributed by atoms with van der Waals surface area (Å²) in [7, 11) is 0. The summed E-state index contributed by atoms with van der Waals surface area (Å²) in [5.41, 5.74) is 2.18. The molecular formula is C15H24O2. The first kappa shape index (κ1) is 12.8. The standard InChI is InChI=1S/C15H24O2/c1-10-5-4-7-15(3)8-6-12(11(2)9-16)14(17)13(10)15/h12-14,16-17H,1-2,4-9H2,3H3/t12-,13+,14+,15+/m1/s1. The zero-order chi connectivity index (χ0) is 12.6. The van der Waals surface area contributed by atoms with Gasteiger partial charge in [0.1, 0.15) is 0 Å². The van der Waals surface area contributed by atoms with E-state index in [4.69, 9.17) is 0 Å². The minimum Gasteiger partial charge on any atom is -0.392 e. The van der Waals surface area contributed by atoms with Crippen molar-refractivity contribution in [2.45, 2.75) is 45.1 Å². The summed E-state index contributed by atoms with van der Waals surface area (Å²) in [6, 6.07) is 0. The number of fused-ring (bicyclic) bond motifs is 1. The maximum absolute atomic E-state index is 10.6. The normalized spacial score (nSPS) is 42.1. The molecule has 2 fully saturated rings. The first-order valence-electron chi connectivity index (χ1n) is 6.64. The predicted octanol–water partition coefficient (Wildman–Crippen LogP) is 2.67. The lowest BCUT2D eigenvalue weighted by Crippen LogP contribution is -2.48. The fourth-order valence-electron chi connectivity index (χ4n) is 3.91. The minimum absolute atomic E-state index is 0.0162. The van der Waals surface area contributed by atoms with Crippen LogP contribution in [0.25, 0.3) is 0 Å². The highest BCUT2D eigenvalue weighted by atomic mass is 16.3. The van der Waals surface area contributed by atoms with E-state index in [1.54, 1.807) is 0 Å². The fraction of sp³-hybridized carbons (Fsp3) is 0.733. The van der Waals surface area contributed by atoms with Gasteiger partial charge in [0.05, 0.1) is 12.7 Å². The molecule has 96 valence electrons. The lowest BCUT2D eigenvalue weighted by molar-refractivity contribution is -0.0448. The van der Waals surface area contributed by atoms with E-state index >= 15 is 0 Å². The molecule has 2 heteroatoms. The van der Waals surface area contributed by atoms with Gasteiger partial charge < -0.3 is 10.2 Å². The van der Waals surface area contributed by atoms with Crippen molar-refractivity contribution in [2.75, 3.05) is 6.61 Å². The molecule has 2 N–H and O–H groups in total. The number of hydrogen-bond acceptors (Lipinski definition) is 2. The molecule has 2 aliphatic carbocycles. The molecule has 2 nitrogen and oxygen atoms in total. The maximum atomic E-state index is 10.6. The van der Waals surface area contributed by atoms with Crippen LogP contribution in [-0.2, 0) is 0 Å². The number of hydrogen-bond donors (Lipinski definition) is 2. The zero-order valence-corrected chi connectivity index (χ0v) is 10.8. The van der Waals surface area contributed by atoms with Crippen molar-refractivity contribution in [3.8, 4) is 0 Å². The van der Waals surface area contributed by atoms with Gasteiger partial charge in [0.15, 0.2) is 0 Å². The first-order valence-corrected chi connectivity index (χ1v) is 6.64. The molecule has 2 saturated carbocycles. The van der Waals surface area contributed by atoms with Crippen LogP contribution in [0.4, 0.5) is 0 Å². The quantitative estimate of drug-likeness (QED) is 0.724. The lowest BCUT2D eigenvalue weighted by atomic mass is 9.55. The Balaban J connectivity index is 2.23. The van der Waals surface area contributed by atoms with Crippen LogP contribution in [0.1, 0.15) is 39.0 Å². The molecule has 0 aromatic carbocycles. The van der Waals surface area contributed by atoms with Crippen molar-refractivity contribution >= 4 is 0 Å². The van der Waals surface area contributed by atoms with E-state index in [2.05, 4.69) is 20.1 Å². The molecule has 2 aliphatic rings. The molecule has 2 rings (SSSR count). The van der Waals surface area contributed by atoms with Crippen molar-refractivity contribution < 1.29 is 10.2 Å². The Morgan fingerprint density at radius 2 is 2.18 bits per heavy atom. The Bertz CT molecular complexity index is 334. The van der Waals surface area contributed by atoms with E-state index in [1.807, 2.05) is 0 Å². The van der Waals surface area contributed by atoms with E-state index in [-0.39, 0.29) is 23.9 Å². The van der Waals surface area contributed by atoms with Crippen LogP contribution in [0.3, 0.4) is 0 Å². The first-order chi connectivity index (χ1) is 7.99. The largest absolute Gasteiger partial charge is 0.392 e. The third-order valence-corrected chi connectivity index (χ3v) is 4.94. The highest BCUT2D eigenvalue weighted by molar-refractivity contribution is 5.19. The van der Waals surface area contributed by atoms with Crippen molar-refractivity contribution in [3.63, 3.8) is 0 Å². The number of aliphatic hydroxyl groups is 2. The van der Waals surface area contributed by atoms with Crippen LogP contribution in [0, 0.1) is 17.3 Å². The van der Waals surface area contributed by atoms with Crippen LogP contribution < -0.4 is 0 Å². The van der Waals surface area contributed by atoms with Gasteiger partial charge in [0.25, 0.3) is 0 Å². The van der Waals surface area contributed by atoms with E-state index < -0.39 is 6.10 Å².